The molecule has 0 aliphatic carbocycles. The van der Waals surface area contributed by atoms with Crippen LogP contribution in [0.15, 0.2) is 53.7 Å². The molecule has 0 spiro atoms. The Balaban J connectivity index is 1.95. The molecule has 0 saturated carbocycles. The van der Waals surface area contributed by atoms with E-state index in [1.807, 2.05) is 0 Å². The minimum atomic E-state index is -3.60. The molecule has 204 valence electrons. The third-order valence-corrected chi connectivity index (χ3v) is 6.82. The van der Waals surface area contributed by atoms with E-state index in [1.165, 1.54) is 36.3 Å². The van der Waals surface area contributed by atoms with Crippen molar-refractivity contribution in [2.24, 2.45) is 5.92 Å². The van der Waals surface area contributed by atoms with Crippen molar-refractivity contribution in [3.05, 3.63) is 60.3 Å². The lowest BCUT2D eigenvalue weighted by Gasteiger charge is -2.29. The van der Waals surface area contributed by atoms with Gasteiger partial charge in [0.2, 0.25) is 10.0 Å². The van der Waals surface area contributed by atoms with Gasteiger partial charge in [-0.3, -0.25) is 9.78 Å². The molecule has 0 bridgehead atoms. The molecule has 0 aliphatic rings. The summed E-state index contributed by atoms with van der Waals surface area (Å²) in [5, 5.41) is 8.26. The van der Waals surface area contributed by atoms with Gasteiger partial charge in [0.1, 0.15) is 23.2 Å². The van der Waals surface area contributed by atoms with Gasteiger partial charge in [0.15, 0.2) is 0 Å². The number of hydrogen-bond donors (Lipinski definition) is 1. The minimum absolute atomic E-state index is 0.0883. The maximum atomic E-state index is 13.8. The van der Waals surface area contributed by atoms with Crippen LogP contribution in [0.25, 0.3) is 11.3 Å². The van der Waals surface area contributed by atoms with Gasteiger partial charge in [-0.05, 0) is 58.0 Å². The van der Waals surface area contributed by atoms with Crippen molar-refractivity contribution >= 4 is 22.0 Å². The maximum Gasteiger partial charge on any atom is 0.417 e. The second-order valence-electron chi connectivity index (χ2n) is 9.87. The first-order chi connectivity index (χ1) is 17.7. The molecule has 3 aromatic rings. The van der Waals surface area contributed by atoms with Crippen LogP contribution in [0, 0.1) is 11.7 Å². The van der Waals surface area contributed by atoms with Crippen LogP contribution in [0.1, 0.15) is 46.4 Å². The highest BCUT2D eigenvalue weighted by molar-refractivity contribution is 7.89. The van der Waals surface area contributed by atoms with Crippen molar-refractivity contribution in [3.63, 3.8) is 0 Å². The van der Waals surface area contributed by atoms with Gasteiger partial charge in [0.05, 0.1) is 23.3 Å². The van der Waals surface area contributed by atoms with Crippen molar-refractivity contribution in [1.82, 2.24) is 29.6 Å². The summed E-state index contributed by atoms with van der Waals surface area (Å²) in [7, 11) is -2.28. The van der Waals surface area contributed by atoms with Gasteiger partial charge in [-0.25, -0.2) is 31.9 Å². The monoisotopic (exact) mass is 545 g/mol. The van der Waals surface area contributed by atoms with Crippen molar-refractivity contribution in [2.45, 2.75) is 57.7 Å². The zero-order chi connectivity index (χ0) is 28.3. The smallest absolute Gasteiger partial charge is 0.417 e. The Kier molecular flexibility index (Phi) is 8.62. The first-order valence-corrected chi connectivity index (χ1v) is 13.3. The topological polar surface area (TPSA) is 136 Å². The predicted octanol–water partition coefficient (Wildman–Crippen LogP) is 3.55. The lowest BCUT2D eigenvalue weighted by Crippen LogP contribution is -2.45. The number of rotatable bonds is 8. The Morgan fingerprint density at radius 1 is 1.16 bits per heavy atom. The standard InChI is InChI=1S/C25H31FN6O5S/c1-16(2)22(32-15-21(29-30-32)17-7-9-20(10-8-17)38(35,36)27-6)23(33)31(24(34)37-25(3,4)5)14-19-13-18(26)11-12-28-19/h7-13,15-16,22,27H,14H2,1-6H3/t22-/m0/s1/i26-1. The van der Waals surface area contributed by atoms with Crippen LogP contribution in [0.4, 0.5) is 9.18 Å². The van der Waals surface area contributed by atoms with Gasteiger partial charge in [-0.1, -0.05) is 31.2 Å². The molecule has 1 atom stereocenters. The number of nitrogens with zero attached hydrogens (tertiary/aromatic N) is 5. The van der Waals surface area contributed by atoms with E-state index >= 15 is 0 Å². The van der Waals surface area contributed by atoms with Gasteiger partial charge >= 0.3 is 6.09 Å². The number of carbonyl (C=O) groups is 2. The molecular weight excluding hydrogens is 514 g/mol. The van der Waals surface area contributed by atoms with Crippen molar-refractivity contribution in [1.29, 1.82) is 0 Å². The molecular formula is C25H31FN6O5S. The maximum absolute atomic E-state index is 13.8. The Bertz CT molecular complexity index is 1400. The highest BCUT2D eigenvalue weighted by Crippen LogP contribution is 2.26. The zero-order valence-corrected chi connectivity index (χ0v) is 22.9. The number of hydrogen-bond acceptors (Lipinski definition) is 8. The number of imide groups is 1. The molecule has 13 heteroatoms. The summed E-state index contributed by atoms with van der Waals surface area (Å²) in [6.45, 7) is 8.28. The third kappa shape index (κ3) is 6.98. The normalized spacial score (nSPS) is 12.8. The second kappa shape index (κ2) is 11.4. The van der Waals surface area contributed by atoms with E-state index in [1.54, 1.807) is 46.8 Å². The number of amides is 2. The molecule has 0 unspecified atom stereocenters. The lowest BCUT2D eigenvalue weighted by atomic mass is 10.0. The molecule has 1 N–H and O–H groups in total. The average Bonchev–Trinajstić information content (AvgIpc) is 3.31. The van der Waals surface area contributed by atoms with E-state index in [0.717, 1.165) is 17.0 Å². The minimum Gasteiger partial charge on any atom is -0.443 e. The zero-order valence-electron chi connectivity index (χ0n) is 22.0. The highest BCUT2D eigenvalue weighted by atomic mass is 32.2. The van der Waals surface area contributed by atoms with E-state index in [-0.39, 0.29) is 23.1 Å². The number of ether oxygens (including phenoxy) is 1. The summed E-state index contributed by atoms with van der Waals surface area (Å²) < 4.78 is 46.8. The largest absolute Gasteiger partial charge is 0.443 e. The number of halogens is 1. The molecule has 0 aliphatic heterocycles. The number of pyridine rings is 1. The quantitative estimate of drug-likeness (QED) is 0.454. The molecule has 1 aromatic carbocycles. The molecule has 11 nitrogen and oxygen atoms in total. The Hall–Kier alpha value is -3.71. The van der Waals surface area contributed by atoms with Crippen LogP contribution in [0.3, 0.4) is 0 Å². The molecule has 2 aromatic heterocycles. The summed E-state index contributed by atoms with van der Waals surface area (Å²) in [4.78, 5) is 31.9. The summed E-state index contributed by atoms with van der Waals surface area (Å²) in [6, 6.07) is 7.36. The van der Waals surface area contributed by atoms with Gasteiger partial charge in [-0.15, -0.1) is 5.10 Å². The predicted molar refractivity (Wildman–Crippen MR) is 137 cm³/mol. The SMILES string of the molecule is CNS(=O)(=O)c1ccc(-c2cn([C@H](C(=O)N(Cc3cc([18F])ccn3)C(=O)OC(C)(C)C)C(C)C)nn2)cc1. The number of sulfonamides is 1. The molecule has 2 amide bonds. The fourth-order valence-electron chi connectivity index (χ4n) is 3.58. The van der Waals surface area contributed by atoms with Crippen molar-refractivity contribution in [3.8, 4) is 11.3 Å². The Morgan fingerprint density at radius 3 is 2.37 bits per heavy atom. The van der Waals surface area contributed by atoms with Gasteiger partial charge in [0.25, 0.3) is 5.91 Å². The van der Waals surface area contributed by atoms with Crippen LogP contribution in [0.2, 0.25) is 0 Å². The first-order valence-electron chi connectivity index (χ1n) is 11.8. The molecule has 0 saturated heterocycles. The van der Waals surface area contributed by atoms with Gasteiger partial charge < -0.3 is 4.74 Å². The Morgan fingerprint density at radius 2 is 1.82 bits per heavy atom. The van der Waals surface area contributed by atoms with Crippen molar-refractivity contribution in [2.75, 3.05) is 7.05 Å². The number of benzene rings is 1. The molecule has 2 heterocycles. The third-order valence-electron chi connectivity index (χ3n) is 5.39. The lowest BCUT2D eigenvalue weighted by molar-refractivity contribution is -0.136. The fraction of sp³-hybridized carbons (Fsp3) is 0.400. The summed E-state index contributed by atoms with van der Waals surface area (Å²) in [6.07, 6.45) is 1.89. The Labute approximate surface area is 221 Å². The summed E-state index contributed by atoms with van der Waals surface area (Å²) >= 11 is 0. The van der Waals surface area contributed by atoms with Crippen LogP contribution in [0.5, 0.6) is 0 Å². The van der Waals surface area contributed by atoms with E-state index < -0.39 is 39.5 Å². The molecule has 0 fully saturated rings. The number of aromatic nitrogens is 4. The number of nitrogens with one attached hydrogen (secondary N) is 1. The van der Waals surface area contributed by atoms with E-state index in [9.17, 15) is 22.4 Å². The van der Waals surface area contributed by atoms with Crippen LogP contribution >= 0.6 is 0 Å². The summed E-state index contributed by atoms with van der Waals surface area (Å²) in [5.41, 5.74) is 0.260. The van der Waals surface area contributed by atoms with E-state index in [4.69, 9.17) is 4.74 Å². The summed E-state index contributed by atoms with van der Waals surface area (Å²) in [5.74, 6) is -1.51. The van der Waals surface area contributed by atoms with E-state index in [2.05, 4.69) is 20.0 Å². The van der Waals surface area contributed by atoms with Crippen LogP contribution < -0.4 is 4.72 Å². The second-order valence-corrected chi connectivity index (χ2v) is 11.8. The fourth-order valence-corrected chi connectivity index (χ4v) is 4.31. The molecule has 3 rings (SSSR count). The van der Waals surface area contributed by atoms with E-state index in [0.29, 0.717) is 11.3 Å². The first kappa shape index (κ1) is 28.9. The van der Waals surface area contributed by atoms with Crippen LogP contribution in [-0.4, -0.2) is 57.9 Å². The molecule has 38 heavy (non-hydrogen) atoms. The highest BCUT2D eigenvalue weighted by Gasteiger charge is 2.36. The van der Waals surface area contributed by atoms with Gasteiger partial charge in [-0.2, -0.15) is 0 Å². The van der Waals surface area contributed by atoms with Crippen molar-refractivity contribution < 1.29 is 27.1 Å². The average molecular weight is 546 g/mol. The van der Waals surface area contributed by atoms with Crippen LogP contribution in [-0.2, 0) is 26.1 Å². The number of carbonyl (C=O) groups excluding carboxylic acids is 2. The molecule has 0 radical (unpaired) electrons. The van der Waals surface area contributed by atoms with Gasteiger partial charge in [0, 0.05) is 11.8 Å².